The molecular formula is C19H16N4O2. The number of nitrogens with one attached hydrogen (secondary N) is 1. The van der Waals surface area contributed by atoms with Gasteiger partial charge < -0.3 is 8.98 Å². The lowest BCUT2D eigenvalue weighted by Gasteiger charge is -2.03. The Morgan fingerprint density at radius 1 is 1.08 bits per heavy atom. The van der Waals surface area contributed by atoms with Gasteiger partial charge in [-0.2, -0.15) is 4.98 Å². The fourth-order valence-corrected chi connectivity index (χ4v) is 2.74. The monoisotopic (exact) mass is 332 g/mol. The highest BCUT2D eigenvalue weighted by Gasteiger charge is 2.14. The van der Waals surface area contributed by atoms with Crippen LogP contribution in [0.5, 0.6) is 0 Å². The SMILES string of the molecule is Cc1ccccc1-c1ccc2nc(NC(=O)c3cccn3C)oc2n1. The average Bonchev–Trinajstić information content (AvgIpc) is 3.20. The third kappa shape index (κ3) is 2.78. The molecule has 0 radical (unpaired) electrons. The molecule has 1 N–H and O–H groups in total. The minimum atomic E-state index is -0.279. The minimum Gasteiger partial charge on any atom is -0.404 e. The first-order valence-electron chi connectivity index (χ1n) is 7.88. The van der Waals surface area contributed by atoms with Gasteiger partial charge in [-0.25, -0.2) is 4.98 Å². The summed E-state index contributed by atoms with van der Waals surface area (Å²) in [5.74, 6) is -0.279. The largest absolute Gasteiger partial charge is 0.404 e. The number of anilines is 1. The molecule has 0 saturated heterocycles. The number of aryl methyl sites for hydroxylation is 2. The number of nitrogens with zero attached hydrogens (tertiary/aromatic N) is 3. The highest BCUT2D eigenvalue weighted by molar-refractivity contribution is 6.02. The maximum atomic E-state index is 12.3. The molecule has 3 heterocycles. The van der Waals surface area contributed by atoms with E-state index in [0.29, 0.717) is 16.9 Å². The van der Waals surface area contributed by atoms with Gasteiger partial charge in [0.25, 0.3) is 5.91 Å². The zero-order chi connectivity index (χ0) is 17.4. The third-order valence-electron chi connectivity index (χ3n) is 4.07. The number of rotatable bonds is 3. The summed E-state index contributed by atoms with van der Waals surface area (Å²) in [5, 5.41) is 2.67. The average molecular weight is 332 g/mol. The predicted molar refractivity (Wildman–Crippen MR) is 95.3 cm³/mol. The van der Waals surface area contributed by atoms with Crippen LogP contribution in [0.4, 0.5) is 6.01 Å². The number of amides is 1. The number of benzene rings is 1. The molecule has 1 aromatic carbocycles. The predicted octanol–water partition coefficient (Wildman–Crippen LogP) is 3.79. The lowest BCUT2D eigenvalue weighted by molar-refractivity contribution is 0.101. The van der Waals surface area contributed by atoms with Crippen LogP contribution in [0, 0.1) is 6.92 Å². The normalized spacial score (nSPS) is 11.0. The Morgan fingerprint density at radius 2 is 1.92 bits per heavy atom. The Kier molecular flexibility index (Phi) is 3.57. The number of hydrogen-bond donors (Lipinski definition) is 1. The van der Waals surface area contributed by atoms with Crippen molar-refractivity contribution in [3.05, 3.63) is 66.0 Å². The number of carbonyl (C=O) groups is 1. The van der Waals surface area contributed by atoms with Crippen molar-refractivity contribution in [3.63, 3.8) is 0 Å². The molecule has 0 saturated carbocycles. The molecule has 0 aliphatic heterocycles. The molecule has 0 atom stereocenters. The number of oxazole rings is 1. The first-order valence-corrected chi connectivity index (χ1v) is 7.88. The third-order valence-corrected chi connectivity index (χ3v) is 4.07. The number of hydrogen-bond acceptors (Lipinski definition) is 4. The summed E-state index contributed by atoms with van der Waals surface area (Å²) in [5.41, 5.74) is 4.49. The van der Waals surface area contributed by atoms with E-state index in [4.69, 9.17) is 4.42 Å². The van der Waals surface area contributed by atoms with Gasteiger partial charge in [0.05, 0.1) is 5.69 Å². The van der Waals surface area contributed by atoms with Crippen LogP contribution >= 0.6 is 0 Å². The van der Waals surface area contributed by atoms with E-state index in [-0.39, 0.29) is 11.9 Å². The Labute approximate surface area is 144 Å². The van der Waals surface area contributed by atoms with Crippen molar-refractivity contribution >= 4 is 23.2 Å². The first-order chi connectivity index (χ1) is 12.1. The number of aromatic nitrogens is 3. The molecule has 4 aromatic rings. The molecule has 0 unspecified atom stereocenters. The van der Waals surface area contributed by atoms with E-state index < -0.39 is 0 Å². The Balaban J connectivity index is 1.66. The fourth-order valence-electron chi connectivity index (χ4n) is 2.74. The minimum absolute atomic E-state index is 0.135. The summed E-state index contributed by atoms with van der Waals surface area (Å²) in [7, 11) is 1.80. The van der Waals surface area contributed by atoms with Gasteiger partial charge in [0.15, 0.2) is 0 Å². The summed E-state index contributed by atoms with van der Waals surface area (Å²) in [6.07, 6.45) is 1.80. The molecule has 6 heteroatoms. The molecule has 3 aromatic heterocycles. The van der Waals surface area contributed by atoms with Gasteiger partial charge in [-0.1, -0.05) is 24.3 Å². The second-order valence-corrected chi connectivity index (χ2v) is 5.81. The van der Waals surface area contributed by atoms with Gasteiger partial charge in [-0.3, -0.25) is 10.1 Å². The summed E-state index contributed by atoms with van der Waals surface area (Å²) in [4.78, 5) is 21.1. The quantitative estimate of drug-likeness (QED) is 0.619. The van der Waals surface area contributed by atoms with Crippen LogP contribution in [0.2, 0.25) is 0 Å². The van der Waals surface area contributed by atoms with E-state index >= 15 is 0 Å². The molecule has 0 aliphatic rings. The van der Waals surface area contributed by atoms with Crippen molar-refractivity contribution in [2.75, 3.05) is 5.32 Å². The molecule has 124 valence electrons. The van der Waals surface area contributed by atoms with Crippen LogP contribution in [0.15, 0.2) is 59.1 Å². The summed E-state index contributed by atoms with van der Waals surface area (Å²) < 4.78 is 7.34. The summed E-state index contributed by atoms with van der Waals surface area (Å²) >= 11 is 0. The van der Waals surface area contributed by atoms with Gasteiger partial charge in [0.1, 0.15) is 11.2 Å². The van der Waals surface area contributed by atoms with Gasteiger partial charge in [0, 0.05) is 18.8 Å². The highest BCUT2D eigenvalue weighted by atomic mass is 16.4. The first kappa shape index (κ1) is 15.1. The van der Waals surface area contributed by atoms with E-state index in [1.807, 2.05) is 43.3 Å². The van der Waals surface area contributed by atoms with Gasteiger partial charge in [-0.15, -0.1) is 0 Å². The van der Waals surface area contributed by atoms with Crippen molar-refractivity contribution in [1.82, 2.24) is 14.5 Å². The van der Waals surface area contributed by atoms with Gasteiger partial charge in [-0.05, 0) is 36.8 Å². The Morgan fingerprint density at radius 3 is 2.68 bits per heavy atom. The number of fused-ring (bicyclic) bond motifs is 1. The van der Waals surface area contributed by atoms with Crippen molar-refractivity contribution in [3.8, 4) is 11.3 Å². The Hall–Kier alpha value is -3.41. The van der Waals surface area contributed by atoms with Crippen LogP contribution in [0.25, 0.3) is 22.5 Å². The zero-order valence-electron chi connectivity index (χ0n) is 13.9. The topological polar surface area (TPSA) is 73.0 Å². The van der Waals surface area contributed by atoms with Crippen molar-refractivity contribution in [2.45, 2.75) is 6.92 Å². The fraction of sp³-hybridized carbons (Fsp3) is 0.105. The van der Waals surface area contributed by atoms with E-state index in [2.05, 4.69) is 15.3 Å². The molecule has 4 rings (SSSR count). The summed E-state index contributed by atoms with van der Waals surface area (Å²) in [6.45, 7) is 2.03. The molecule has 6 nitrogen and oxygen atoms in total. The van der Waals surface area contributed by atoms with E-state index in [9.17, 15) is 4.79 Å². The molecule has 0 spiro atoms. The second kappa shape index (κ2) is 5.90. The zero-order valence-corrected chi connectivity index (χ0v) is 13.9. The van der Waals surface area contributed by atoms with Crippen molar-refractivity contribution in [1.29, 1.82) is 0 Å². The molecule has 0 bridgehead atoms. The van der Waals surface area contributed by atoms with Crippen LogP contribution in [-0.2, 0) is 7.05 Å². The van der Waals surface area contributed by atoms with E-state index in [1.54, 1.807) is 29.9 Å². The Bertz CT molecular complexity index is 1080. The standard InChI is InChI=1S/C19H16N4O2/c1-12-6-3-4-7-13(12)14-9-10-15-18(20-14)25-19(21-15)22-17(24)16-8-5-11-23(16)2/h3-11H,1-2H3,(H,21,22,24). The van der Waals surface area contributed by atoms with Crippen LogP contribution in [0.3, 0.4) is 0 Å². The lowest BCUT2D eigenvalue weighted by atomic mass is 10.1. The van der Waals surface area contributed by atoms with Crippen molar-refractivity contribution in [2.24, 2.45) is 7.05 Å². The molecule has 25 heavy (non-hydrogen) atoms. The van der Waals surface area contributed by atoms with Crippen LogP contribution in [0.1, 0.15) is 16.1 Å². The number of carbonyl (C=O) groups excluding carboxylic acids is 1. The van der Waals surface area contributed by atoms with E-state index in [1.165, 1.54) is 0 Å². The van der Waals surface area contributed by atoms with Crippen LogP contribution in [-0.4, -0.2) is 20.4 Å². The van der Waals surface area contributed by atoms with Crippen LogP contribution < -0.4 is 5.32 Å². The lowest BCUT2D eigenvalue weighted by Crippen LogP contribution is -2.15. The molecule has 0 fully saturated rings. The maximum absolute atomic E-state index is 12.3. The molecular weight excluding hydrogens is 316 g/mol. The van der Waals surface area contributed by atoms with E-state index in [0.717, 1.165) is 16.8 Å². The summed E-state index contributed by atoms with van der Waals surface area (Å²) in [6, 6.07) is 15.4. The molecule has 1 amide bonds. The highest BCUT2D eigenvalue weighted by Crippen LogP contribution is 2.25. The maximum Gasteiger partial charge on any atom is 0.304 e. The molecule has 0 aliphatic carbocycles. The second-order valence-electron chi connectivity index (χ2n) is 5.81. The smallest absolute Gasteiger partial charge is 0.304 e. The van der Waals surface area contributed by atoms with Crippen molar-refractivity contribution < 1.29 is 9.21 Å². The van der Waals surface area contributed by atoms with Gasteiger partial charge in [0.2, 0.25) is 5.71 Å². The number of pyridine rings is 1. The van der Waals surface area contributed by atoms with Gasteiger partial charge >= 0.3 is 6.01 Å².